The number of ether oxygens (including phenoxy) is 2. The highest BCUT2D eigenvalue weighted by atomic mass is 32.1. The Bertz CT molecular complexity index is 1690. The van der Waals surface area contributed by atoms with Crippen LogP contribution >= 0.6 is 22.7 Å². The molecule has 1 N–H and O–H groups in total. The van der Waals surface area contributed by atoms with Gasteiger partial charge >= 0.3 is 18.3 Å². The van der Waals surface area contributed by atoms with Crippen LogP contribution in [0.4, 0.5) is 9.59 Å². The smallest absolute Gasteiger partial charge is 0.410 e. The fourth-order valence-electron chi connectivity index (χ4n) is 7.48. The van der Waals surface area contributed by atoms with Gasteiger partial charge in [0.2, 0.25) is 0 Å². The van der Waals surface area contributed by atoms with Crippen molar-refractivity contribution in [3.05, 3.63) is 41.8 Å². The van der Waals surface area contributed by atoms with Crippen LogP contribution in [0.3, 0.4) is 0 Å². The molecule has 0 spiro atoms. The molecule has 2 aromatic heterocycles. The third-order valence-electron chi connectivity index (χ3n) is 10.6. The summed E-state index contributed by atoms with van der Waals surface area (Å²) in [5.41, 5.74) is 3.80. The van der Waals surface area contributed by atoms with Crippen molar-refractivity contribution >= 4 is 46.9 Å². The number of nitrogens with one attached hydrogen (secondary N) is 1. The molecule has 2 saturated heterocycles. The quantitative estimate of drug-likeness (QED) is 0.317. The first kappa shape index (κ1) is 44.7. The molecule has 54 heavy (non-hydrogen) atoms. The van der Waals surface area contributed by atoms with Crippen LogP contribution in [0.25, 0.3) is 0 Å². The molecule has 0 saturated carbocycles. The van der Waals surface area contributed by atoms with E-state index in [0.29, 0.717) is 30.1 Å². The van der Waals surface area contributed by atoms with Gasteiger partial charge in [-0.15, -0.1) is 22.7 Å². The first-order valence-electron chi connectivity index (χ1n) is 19.0. The number of rotatable bonds is 5. The summed E-state index contributed by atoms with van der Waals surface area (Å²) in [5.74, 6) is 2.08. The predicted molar refractivity (Wildman–Crippen MR) is 211 cm³/mol. The van der Waals surface area contributed by atoms with Crippen LogP contribution in [0.2, 0.25) is 0 Å². The Morgan fingerprint density at radius 3 is 1.61 bits per heavy atom. The number of thiophene rings is 2. The highest BCUT2D eigenvalue weighted by Crippen LogP contribution is 2.42. The van der Waals surface area contributed by atoms with E-state index in [0.717, 1.165) is 76.0 Å². The summed E-state index contributed by atoms with van der Waals surface area (Å²) in [6.45, 7) is 26.1. The van der Waals surface area contributed by atoms with Crippen molar-refractivity contribution in [1.29, 1.82) is 5.26 Å². The van der Waals surface area contributed by atoms with Crippen LogP contribution in [0.5, 0.6) is 0 Å². The zero-order valence-electron chi connectivity index (χ0n) is 34.1. The molecule has 0 radical (unpaired) electrons. The summed E-state index contributed by atoms with van der Waals surface area (Å²) >= 11 is 3.62. The second-order valence-corrected chi connectivity index (χ2v) is 18.9. The first-order chi connectivity index (χ1) is 25.2. The van der Waals surface area contributed by atoms with E-state index in [1.165, 1.54) is 30.6 Å². The van der Waals surface area contributed by atoms with Crippen LogP contribution in [-0.4, -0.2) is 78.0 Å². The molecule has 5 rings (SSSR count). The number of likely N-dealkylation sites (tertiary alicyclic amines) is 2. The van der Waals surface area contributed by atoms with Crippen molar-refractivity contribution in [2.75, 3.05) is 32.7 Å². The minimum Gasteiger partial charge on any atom is -0.444 e. The Balaban J connectivity index is 0.000000271. The standard InChI is InChI=1S/C20H30N2O3S.C20H30N2O2S.CO2/c1-12(17-13(2)16-15(26-17)6-9-21-18(16)23)14-7-10-22(11-8-14)19(24)25-20(3,4)5;1-13-14(2)18(25-17(13)7-10-21)15(3)16-8-11-22(12-9-16)19(23)24-20(4,5)6;2-1-3/h12,14H,6-11H2,1-5H3,(H,21,23);15-16H,7-9,11-12H2,1-6H3;/t12-;15-;/m11./s1. The molecular formula is C41H60N4O7S2. The molecule has 3 aliphatic rings. The predicted octanol–water partition coefficient (Wildman–Crippen LogP) is 8.69. The van der Waals surface area contributed by atoms with Crippen LogP contribution in [0.15, 0.2) is 0 Å². The van der Waals surface area contributed by atoms with Gasteiger partial charge in [0.05, 0.1) is 18.1 Å². The topological polar surface area (TPSA) is 146 Å². The molecule has 3 aliphatic heterocycles. The van der Waals surface area contributed by atoms with Gasteiger partial charge in [0, 0.05) is 52.2 Å². The molecule has 0 bridgehead atoms. The number of carbonyl (C=O) groups is 3. The monoisotopic (exact) mass is 784 g/mol. The van der Waals surface area contributed by atoms with E-state index in [9.17, 15) is 14.4 Å². The molecule has 2 fully saturated rings. The molecule has 13 heteroatoms. The first-order valence-corrected chi connectivity index (χ1v) is 20.7. The lowest BCUT2D eigenvalue weighted by Gasteiger charge is -2.35. The number of nitrogens with zero attached hydrogens (tertiary/aromatic N) is 3. The maximum atomic E-state index is 12.2. The van der Waals surface area contributed by atoms with E-state index in [-0.39, 0.29) is 24.2 Å². The molecule has 0 unspecified atom stereocenters. The zero-order valence-corrected chi connectivity index (χ0v) is 35.7. The number of piperidine rings is 2. The van der Waals surface area contributed by atoms with Gasteiger partial charge in [-0.25, -0.2) is 9.59 Å². The van der Waals surface area contributed by atoms with Crippen LogP contribution in [-0.2, 0) is 31.9 Å². The van der Waals surface area contributed by atoms with E-state index in [1.807, 2.05) is 62.7 Å². The average Bonchev–Trinajstić information content (AvgIpc) is 3.59. The van der Waals surface area contributed by atoms with Crippen molar-refractivity contribution in [2.24, 2.45) is 11.8 Å². The van der Waals surface area contributed by atoms with Gasteiger partial charge in [0.1, 0.15) is 11.2 Å². The highest BCUT2D eigenvalue weighted by Gasteiger charge is 2.34. The summed E-state index contributed by atoms with van der Waals surface area (Å²) in [7, 11) is 0. The van der Waals surface area contributed by atoms with Crippen molar-refractivity contribution in [2.45, 2.75) is 138 Å². The third-order valence-corrected chi connectivity index (χ3v) is 13.7. The fourth-order valence-corrected chi connectivity index (χ4v) is 10.3. The Morgan fingerprint density at radius 1 is 0.796 bits per heavy atom. The highest BCUT2D eigenvalue weighted by molar-refractivity contribution is 7.13. The van der Waals surface area contributed by atoms with Crippen LogP contribution < -0.4 is 5.32 Å². The maximum Gasteiger partial charge on any atom is 0.410 e. The van der Waals surface area contributed by atoms with Gasteiger partial charge in [-0.1, -0.05) is 13.8 Å². The molecule has 11 nitrogen and oxygen atoms in total. The zero-order chi connectivity index (χ0) is 40.5. The van der Waals surface area contributed by atoms with Gasteiger partial charge in [0.15, 0.2) is 0 Å². The molecule has 2 aromatic rings. The molecule has 5 heterocycles. The largest absolute Gasteiger partial charge is 0.444 e. The number of hydrogen-bond donors (Lipinski definition) is 1. The van der Waals surface area contributed by atoms with E-state index >= 15 is 0 Å². The normalized spacial score (nSPS) is 17.6. The minimum atomic E-state index is -0.449. The molecule has 0 aliphatic carbocycles. The second-order valence-electron chi connectivity index (χ2n) is 16.6. The number of hydrogen-bond acceptors (Lipinski definition) is 10. The Labute approximate surface area is 329 Å². The van der Waals surface area contributed by atoms with E-state index < -0.39 is 11.2 Å². The summed E-state index contributed by atoms with van der Waals surface area (Å²) in [5, 5.41) is 12.0. The second kappa shape index (κ2) is 19.2. The number of carbonyl (C=O) groups excluding carboxylic acids is 5. The van der Waals surface area contributed by atoms with E-state index in [4.69, 9.17) is 24.3 Å². The van der Waals surface area contributed by atoms with Crippen molar-refractivity contribution in [3.8, 4) is 6.07 Å². The summed E-state index contributed by atoms with van der Waals surface area (Å²) in [6, 6.07) is 2.27. The molecule has 3 amide bonds. The molecule has 2 atom stereocenters. The SMILES string of the molecule is Cc1c(CC#N)sc([C@H](C)C2CCN(C(=O)OC(C)(C)C)CC2)c1C.Cc1c([C@H](C)C2CCN(C(=O)OC(C)(C)C)CC2)sc2c1C(=O)NCC2.O=C=O. The van der Waals surface area contributed by atoms with Crippen LogP contribution in [0.1, 0.15) is 139 Å². The average molecular weight is 785 g/mol. The van der Waals surface area contributed by atoms with Crippen molar-refractivity contribution in [1.82, 2.24) is 15.1 Å². The van der Waals surface area contributed by atoms with Crippen LogP contribution in [0, 0.1) is 43.9 Å². The number of amides is 3. The maximum absolute atomic E-state index is 12.2. The fraction of sp³-hybridized carbons (Fsp3) is 0.683. The van der Waals surface area contributed by atoms with Gasteiger partial charge < -0.3 is 24.6 Å². The minimum absolute atomic E-state index is 0.0817. The summed E-state index contributed by atoms with van der Waals surface area (Å²) in [6.07, 6.45) is 5.26. The molecular weight excluding hydrogens is 725 g/mol. The van der Waals surface area contributed by atoms with Crippen molar-refractivity contribution < 1.29 is 33.4 Å². The lowest BCUT2D eigenvalue weighted by atomic mass is 9.83. The Morgan fingerprint density at radius 2 is 1.22 bits per heavy atom. The number of nitriles is 1. The lowest BCUT2D eigenvalue weighted by molar-refractivity contribution is -0.191. The van der Waals surface area contributed by atoms with Gasteiger partial charge in [-0.3, -0.25) is 4.79 Å². The molecule has 0 aromatic carbocycles. The van der Waals surface area contributed by atoms with Gasteiger partial charge in [-0.05, 0) is 135 Å². The molecule has 298 valence electrons. The van der Waals surface area contributed by atoms with E-state index in [2.05, 4.69) is 46.0 Å². The van der Waals surface area contributed by atoms with Gasteiger partial charge in [-0.2, -0.15) is 14.9 Å². The third kappa shape index (κ3) is 11.9. The lowest BCUT2D eigenvalue weighted by Crippen LogP contribution is -2.42. The van der Waals surface area contributed by atoms with Gasteiger partial charge in [0.25, 0.3) is 5.91 Å². The van der Waals surface area contributed by atoms with Crippen molar-refractivity contribution in [3.63, 3.8) is 0 Å². The van der Waals surface area contributed by atoms with E-state index in [1.54, 1.807) is 11.3 Å². The Kier molecular flexibility index (Phi) is 15.9. The summed E-state index contributed by atoms with van der Waals surface area (Å²) < 4.78 is 11.0. The summed E-state index contributed by atoms with van der Waals surface area (Å²) in [4.78, 5) is 61.8. The number of fused-ring (bicyclic) bond motifs is 1. The Hall–Kier alpha value is -3.72.